The highest BCUT2D eigenvalue weighted by Gasteiger charge is 2.09. The molecule has 0 aliphatic rings. The van der Waals surface area contributed by atoms with E-state index in [4.69, 9.17) is 11.6 Å². The normalized spacial score (nSPS) is 9.65. The molecule has 4 nitrogen and oxygen atoms in total. The van der Waals surface area contributed by atoms with Crippen molar-refractivity contribution in [3.05, 3.63) is 59.4 Å². The molecule has 0 saturated heterocycles. The largest absolute Gasteiger partial charge is 1.00 e. The Morgan fingerprint density at radius 2 is 1.95 bits per heavy atom. The van der Waals surface area contributed by atoms with Crippen LogP contribution in [-0.4, -0.2) is 11.0 Å². The van der Waals surface area contributed by atoms with Crippen LogP contribution in [0.3, 0.4) is 0 Å². The summed E-state index contributed by atoms with van der Waals surface area (Å²) < 4.78 is 1.62. The van der Waals surface area contributed by atoms with Gasteiger partial charge in [-0.25, -0.2) is 0 Å². The molecule has 0 aliphatic heterocycles. The second kappa shape index (κ2) is 7.72. The Hall–Kier alpha value is -1.78. The molecule has 0 atom stereocenters. The highest BCUT2D eigenvalue weighted by molar-refractivity contribution is 6.30. The number of carbonyl (C=O) groups excluding carboxylic acids is 1. The van der Waals surface area contributed by atoms with Crippen molar-refractivity contribution in [2.24, 2.45) is 0 Å². The molecule has 106 valence electrons. The first-order valence-electron chi connectivity index (χ1n) is 5.83. The number of nitrogens with one attached hydrogen (secondary N) is 1. The van der Waals surface area contributed by atoms with E-state index >= 15 is 0 Å². The summed E-state index contributed by atoms with van der Waals surface area (Å²) in [7, 11) is 0. The smallest absolute Gasteiger partial charge is 0.286 e. The lowest BCUT2D eigenvalue weighted by atomic mass is 10.2. The van der Waals surface area contributed by atoms with E-state index in [9.17, 15) is 9.90 Å². The predicted octanol–water partition coefficient (Wildman–Crippen LogP) is -1.35. The standard InChI is InChI=1S/C14H13ClN2O2.ClH/c15-12-5-3-11(4-6-12)8-16-14(19)10-17-7-1-2-13(18)9-17;/h1-7,9H,8,10H2,(H-,16,18,19);1H. The summed E-state index contributed by atoms with van der Waals surface area (Å²) >= 11 is 5.78. The molecule has 0 saturated carbocycles. The van der Waals surface area contributed by atoms with Crippen LogP contribution in [0.25, 0.3) is 0 Å². The highest BCUT2D eigenvalue weighted by atomic mass is 35.5. The van der Waals surface area contributed by atoms with Gasteiger partial charge in [-0.05, 0) is 23.8 Å². The lowest BCUT2D eigenvalue weighted by Crippen LogP contribution is -3.00. The molecule has 1 aromatic carbocycles. The van der Waals surface area contributed by atoms with Crippen LogP contribution < -0.4 is 22.3 Å². The number of benzene rings is 1. The minimum absolute atomic E-state index is 0. The summed E-state index contributed by atoms with van der Waals surface area (Å²) in [6, 6.07) is 10.5. The Kier molecular flexibility index (Phi) is 6.28. The lowest BCUT2D eigenvalue weighted by molar-refractivity contribution is -0.684. The number of amides is 1. The van der Waals surface area contributed by atoms with Gasteiger partial charge < -0.3 is 22.8 Å². The fraction of sp³-hybridized carbons (Fsp3) is 0.143. The molecule has 0 bridgehead atoms. The van der Waals surface area contributed by atoms with E-state index in [2.05, 4.69) is 5.32 Å². The second-order valence-corrected chi connectivity index (χ2v) is 4.57. The van der Waals surface area contributed by atoms with Gasteiger partial charge in [0.1, 0.15) is 0 Å². The van der Waals surface area contributed by atoms with Crippen molar-refractivity contribution in [2.45, 2.75) is 13.1 Å². The van der Waals surface area contributed by atoms with Gasteiger partial charge in [0.05, 0.1) is 0 Å². The maximum atomic E-state index is 11.7. The van der Waals surface area contributed by atoms with Crippen LogP contribution in [0.2, 0.25) is 5.02 Å². The number of hydrogen-bond donors (Lipinski definition) is 2. The molecule has 0 radical (unpaired) electrons. The first-order valence-corrected chi connectivity index (χ1v) is 6.20. The zero-order valence-electron chi connectivity index (χ0n) is 10.6. The van der Waals surface area contributed by atoms with Gasteiger partial charge in [-0.1, -0.05) is 23.7 Å². The van der Waals surface area contributed by atoms with E-state index in [0.29, 0.717) is 11.6 Å². The van der Waals surface area contributed by atoms with Crippen LogP contribution in [0.1, 0.15) is 5.56 Å². The van der Waals surface area contributed by atoms with Gasteiger partial charge in [-0.3, -0.25) is 4.79 Å². The Morgan fingerprint density at radius 3 is 2.60 bits per heavy atom. The molecule has 2 rings (SSSR count). The molecule has 1 heterocycles. The Balaban J connectivity index is 0.00000200. The van der Waals surface area contributed by atoms with Gasteiger partial charge in [-0.2, -0.15) is 4.57 Å². The molecule has 6 heteroatoms. The van der Waals surface area contributed by atoms with Crippen molar-refractivity contribution in [2.75, 3.05) is 0 Å². The van der Waals surface area contributed by atoms with Gasteiger partial charge in [0, 0.05) is 17.6 Å². The quantitative estimate of drug-likeness (QED) is 0.686. The zero-order valence-corrected chi connectivity index (χ0v) is 12.1. The number of halogens is 2. The van der Waals surface area contributed by atoms with E-state index in [1.807, 2.05) is 12.1 Å². The van der Waals surface area contributed by atoms with Crippen LogP contribution in [0.15, 0.2) is 48.8 Å². The molecule has 1 aromatic heterocycles. The number of nitrogens with zero attached hydrogens (tertiary/aromatic N) is 1. The Labute approximate surface area is 128 Å². The van der Waals surface area contributed by atoms with Gasteiger partial charge in [0.2, 0.25) is 12.7 Å². The molecule has 0 fully saturated rings. The summed E-state index contributed by atoms with van der Waals surface area (Å²) in [5.41, 5.74) is 0.985. The first kappa shape index (κ1) is 16.3. The minimum atomic E-state index is -0.120. The van der Waals surface area contributed by atoms with Crippen LogP contribution in [0, 0.1) is 0 Å². The van der Waals surface area contributed by atoms with E-state index < -0.39 is 0 Å². The van der Waals surface area contributed by atoms with Crippen LogP contribution in [0.5, 0.6) is 5.75 Å². The summed E-state index contributed by atoms with van der Waals surface area (Å²) in [5, 5.41) is 12.8. The number of rotatable bonds is 4. The van der Waals surface area contributed by atoms with Crippen LogP contribution in [0.4, 0.5) is 0 Å². The topological polar surface area (TPSA) is 53.2 Å². The van der Waals surface area contributed by atoms with Crippen molar-refractivity contribution >= 4 is 17.5 Å². The van der Waals surface area contributed by atoms with E-state index in [0.717, 1.165) is 5.56 Å². The minimum Gasteiger partial charge on any atom is -1.00 e. The molecule has 2 N–H and O–H groups in total. The fourth-order valence-corrected chi connectivity index (χ4v) is 1.76. The molecule has 2 aromatic rings. The second-order valence-electron chi connectivity index (χ2n) is 4.14. The number of pyridine rings is 1. The molecular formula is C14H14Cl2N2O2. The molecule has 20 heavy (non-hydrogen) atoms. The maximum absolute atomic E-state index is 11.7. The van der Waals surface area contributed by atoms with Gasteiger partial charge >= 0.3 is 0 Å². The number of aromatic nitrogens is 1. The Bertz CT molecular complexity index is 574. The number of aromatic hydroxyl groups is 1. The maximum Gasteiger partial charge on any atom is 0.286 e. The van der Waals surface area contributed by atoms with Gasteiger partial charge in [-0.15, -0.1) is 0 Å². The summed E-state index contributed by atoms with van der Waals surface area (Å²) in [5.74, 6) is 0.0125. The summed E-state index contributed by atoms with van der Waals surface area (Å²) in [6.07, 6.45) is 3.23. The third kappa shape index (κ3) is 5.07. The SMILES string of the molecule is O=C(C[n+]1cccc(O)c1)NCc1ccc(Cl)cc1.[Cl-]. The van der Waals surface area contributed by atoms with Crippen molar-refractivity contribution < 1.29 is 26.9 Å². The molecule has 0 unspecified atom stereocenters. The molecule has 0 aliphatic carbocycles. The van der Waals surface area contributed by atoms with Gasteiger partial charge in [0.25, 0.3) is 5.91 Å². The van der Waals surface area contributed by atoms with E-state index in [1.165, 1.54) is 6.20 Å². The van der Waals surface area contributed by atoms with Crippen molar-refractivity contribution in [1.82, 2.24) is 5.32 Å². The van der Waals surface area contributed by atoms with Crippen LogP contribution >= 0.6 is 11.6 Å². The zero-order chi connectivity index (χ0) is 13.7. The first-order chi connectivity index (χ1) is 9.13. The number of carbonyl (C=O) groups is 1. The predicted molar refractivity (Wildman–Crippen MR) is 71.6 cm³/mol. The fourth-order valence-electron chi connectivity index (χ4n) is 1.63. The van der Waals surface area contributed by atoms with E-state index in [1.54, 1.807) is 35.0 Å². The molecule has 1 amide bonds. The molecular weight excluding hydrogens is 299 g/mol. The third-order valence-corrected chi connectivity index (χ3v) is 2.82. The van der Waals surface area contributed by atoms with E-state index in [-0.39, 0.29) is 30.6 Å². The van der Waals surface area contributed by atoms with Crippen molar-refractivity contribution in [3.63, 3.8) is 0 Å². The average molecular weight is 313 g/mol. The monoisotopic (exact) mass is 312 g/mol. The summed E-state index contributed by atoms with van der Waals surface area (Å²) in [4.78, 5) is 11.7. The number of hydrogen-bond acceptors (Lipinski definition) is 2. The van der Waals surface area contributed by atoms with Gasteiger partial charge in [0.15, 0.2) is 11.9 Å². The lowest BCUT2D eigenvalue weighted by Gasteiger charge is -2.03. The van der Waals surface area contributed by atoms with Crippen LogP contribution in [-0.2, 0) is 17.9 Å². The third-order valence-electron chi connectivity index (χ3n) is 2.57. The Morgan fingerprint density at radius 1 is 1.25 bits per heavy atom. The van der Waals surface area contributed by atoms with Crippen molar-refractivity contribution in [3.8, 4) is 5.75 Å². The highest BCUT2D eigenvalue weighted by Crippen LogP contribution is 2.09. The van der Waals surface area contributed by atoms with Crippen molar-refractivity contribution in [1.29, 1.82) is 0 Å². The summed E-state index contributed by atoms with van der Waals surface area (Å²) in [6.45, 7) is 0.622. The molecule has 0 spiro atoms. The average Bonchev–Trinajstić information content (AvgIpc) is 2.38.